The van der Waals surface area contributed by atoms with Gasteiger partial charge in [-0.2, -0.15) is 0 Å². The van der Waals surface area contributed by atoms with E-state index in [0.29, 0.717) is 5.90 Å². The first kappa shape index (κ1) is 10.8. The number of rotatable bonds is 2. The molecule has 0 spiro atoms. The van der Waals surface area contributed by atoms with Crippen molar-refractivity contribution in [3.8, 4) is 0 Å². The van der Waals surface area contributed by atoms with E-state index in [9.17, 15) is 4.79 Å². The van der Waals surface area contributed by atoms with Gasteiger partial charge in [0.2, 0.25) is 5.91 Å². The van der Waals surface area contributed by atoms with Crippen LogP contribution in [-0.2, 0) is 9.53 Å². The maximum atomic E-state index is 11.4. The SMILES string of the molecule is CC1=NC(C(N)=O)C(c2c[nH]c3ccccc23)O1. The van der Waals surface area contributed by atoms with Gasteiger partial charge >= 0.3 is 0 Å². The predicted octanol–water partition coefficient (Wildman–Crippen LogP) is 1.51. The van der Waals surface area contributed by atoms with Crippen LogP contribution in [0.5, 0.6) is 0 Å². The topological polar surface area (TPSA) is 80.5 Å². The van der Waals surface area contributed by atoms with Crippen molar-refractivity contribution < 1.29 is 9.53 Å². The van der Waals surface area contributed by atoms with Crippen LogP contribution in [0.4, 0.5) is 0 Å². The minimum atomic E-state index is -0.649. The number of nitrogens with one attached hydrogen (secondary N) is 1. The lowest BCUT2D eigenvalue weighted by atomic mass is 10.0. The van der Waals surface area contributed by atoms with E-state index in [1.807, 2.05) is 30.5 Å². The molecule has 1 amide bonds. The Kier molecular flexibility index (Phi) is 2.33. The number of benzene rings is 1. The fourth-order valence-corrected chi connectivity index (χ4v) is 2.32. The van der Waals surface area contributed by atoms with Gasteiger partial charge in [0.05, 0.1) is 0 Å². The summed E-state index contributed by atoms with van der Waals surface area (Å²) in [4.78, 5) is 18.7. The van der Waals surface area contributed by atoms with Crippen molar-refractivity contribution in [1.29, 1.82) is 0 Å². The maximum absolute atomic E-state index is 11.4. The molecule has 0 aliphatic carbocycles. The Hall–Kier alpha value is -2.30. The Balaban J connectivity index is 2.07. The highest BCUT2D eigenvalue weighted by atomic mass is 16.5. The summed E-state index contributed by atoms with van der Waals surface area (Å²) in [6, 6.07) is 7.20. The molecule has 2 unspecified atom stereocenters. The Morgan fingerprint density at radius 3 is 3.00 bits per heavy atom. The molecule has 0 saturated heterocycles. The summed E-state index contributed by atoms with van der Waals surface area (Å²) in [6.07, 6.45) is 1.41. The zero-order valence-corrected chi connectivity index (χ0v) is 9.88. The van der Waals surface area contributed by atoms with Crippen LogP contribution in [0.1, 0.15) is 18.6 Å². The third-order valence-electron chi connectivity index (χ3n) is 3.12. The average Bonchev–Trinajstić information content (AvgIpc) is 2.92. The van der Waals surface area contributed by atoms with Crippen LogP contribution < -0.4 is 5.73 Å². The first-order valence-electron chi connectivity index (χ1n) is 5.73. The highest BCUT2D eigenvalue weighted by Gasteiger charge is 2.36. The summed E-state index contributed by atoms with van der Waals surface area (Å²) in [7, 11) is 0. The number of carbonyl (C=O) groups excluding carboxylic acids is 1. The fourth-order valence-electron chi connectivity index (χ4n) is 2.32. The molecule has 5 heteroatoms. The van der Waals surface area contributed by atoms with E-state index in [-0.39, 0.29) is 0 Å². The second kappa shape index (κ2) is 3.87. The number of hydrogen-bond acceptors (Lipinski definition) is 3. The number of primary amides is 1. The van der Waals surface area contributed by atoms with E-state index in [1.165, 1.54) is 0 Å². The first-order valence-corrected chi connectivity index (χ1v) is 5.73. The Labute approximate surface area is 104 Å². The molecule has 1 aliphatic heterocycles. The van der Waals surface area contributed by atoms with E-state index < -0.39 is 18.1 Å². The third kappa shape index (κ3) is 1.55. The van der Waals surface area contributed by atoms with Gasteiger partial charge in [-0.25, -0.2) is 4.99 Å². The summed E-state index contributed by atoms with van der Waals surface area (Å²) in [5.74, 6) is 0.0243. The summed E-state index contributed by atoms with van der Waals surface area (Å²) in [6.45, 7) is 1.73. The number of nitrogens with two attached hydrogens (primary N) is 1. The zero-order valence-electron chi connectivity index (χ0n) is 9.88. The summed E-state index contributed by atoms with van der Waals surface area (Å²) >= 11 is 0. The van der Waals surface area contributed by atoms with Crippen molar-refractivity contribution in [2.75, 3.05) is 0 Å². The molecule has 3 N–H and O–H groups in total. The van der Waals surface area contributed by atoms with Crippen LogP contribution >= 0.6 is 0 Å². The number of fused-ring (bicyclic) bond motifs is 1. The van der Waals surface area contributed by atoms with Gasteiger partial charge in [-0.1, -0.05) is 18.2 Å². The van der Waals surface area contributed by atoms with Crippen molar-refractivity contribution >= 4 is 22.7 Å². The number of aromatic amines is 1. The number of para-hydroxylation sites is 1. The highest BCUT2D eigenvalue weighted by molar-refractivity contribution is 5.90. The summed E-state index contributed by atoms with van der Waals surface area (Å²) in [5.41, 5.74) is 7.28. The number of ether oxygens (including phenoxy) is 1. The number of carbonyl (C=O) groups is 1. The van der Waals surface area contributed by atoms with Crippen molar-refractivity contribution in [1.82, 2.24) is 4.98 Å². The quantitative estimate of drug-likeness (QED) is 0.838. The molecular formula is C13H13N3O2. The van der Waals surface area contributed by atoms with Gasteiger partial charge in [-0.3, -0.25) is 4.79 Å². The van der Waals surface area contributed by atoms with E-state index in [2.05, 4.69) is 9.98 Å². The minimum Gasteiger partial charge on any atom is -0.470 e. The lowest BCUT2D eigenvalue weighted by Gasteiger charge is -2.14. The number of H-pyrrole nitrogens is 1. The lowest BCUT2D eigenvalue weighted by Crippen LogP contribution is -2.30. The van der Waals surface area contributed by atoms with Gasteiger partial charge in [0.25, 0.3) is 0 Å². The molecular weight excluding hydrogens is 230 g/mol. The number of aliphatic imine (C=N–C) groups is 1. The highest BCUT2D eigenvalue weighted by Crippen LogP contribution is 2.33. The Morgan fingerprint density at radius 2 is 2.22 bits per heavy atom. The second-order valence-electron chi connectivity index (χ2n) is 4.32. The standard InChI is InChI=1S/C13H13N3O2/c1-7-16-11(13(14)17)12(18-7)9-6-15-10-5-3-2-4-8(9)10/h2-6,11-12,15H,1H3,(H2,14,17). The van der Waals surface area contributed by atoms with Gasteiger partial charge in [0.1, 0.15) is 0 Å². The molecule has 92 valence electrons. The molecule has 18 heavy (non-hydrogen) atoms. The number of hydrogen-bond donors (Lipinski definition) is 2. The van der Waals surface area contributed by atoms with Crippen molar-refractivity contribution in [2.45, 2.75) is 19.1 Å². The van der Waals surface area contributed by atoms with Gasteiger partial charge in [0.15, 0.2) is 18.0 Å². The van der Waals surface area contributed by atoms with E-state index in [4.69, 9.17) is 10.5 Å². The van der Waals surface area contributed by atoms with E-state index in [1.54, 1.807) is 6.92 Å². The van der Waals surface area contributed by atoms with Crippen LogP contribution in [0.3, 0.4) is 0 Å². The number of amides is 1. The third-order valence-corrected chi connectivity index (χ3v) is 3.12. The first-order chi connectivity index (χ1) is 8.66. The predicted molar refractivity (Wildman–Crippen MR) is 68.2 cm³/mol. The van der Waals surface area contributed by atoms with Crippen LogP contribution in [-0.4, -0.2) is 22.8 Å². The van der Waals surface area contributed by atoms with Gasteiger partial charge in [-0.15, -0.1) is 0 Å². The molecule has 1 aliphatic rings. The molecule has 0 bridgehead atoms. The molecule has 2 aromatic rings. The van der Waals surface area contributed by atoms with Crippen LogP contribution in [0, 0.1) is 0 Å². The molecule has 0 saturated carbocycles. The van der Waals surface area contributed by atoms with Crippen LogP contribution in [0.15, 0.2) is 35.5 Å². The molecule has 0 radical (unpaired) electrons. The molecule has 0 fully saturated rings. The van der Waals surface area contributed by atoms with Gasteiger partial charge in [-0.05, 0) is 6.07 Å². The average molecular weight is 243 g/mol. The smallest absolute Gasteiger partial charge is 0.246 e. The van der Waals surface area contributed by atoms with Crippen molar-refractivity contribution in [3.63, 3.8) is 0 Å². The van der Waals surface area contributed by atoms with Crippen LogP contribution in [0.25, 0.3) is 10.9 Å². The van der Waals surface area contributed by atoms with E-state index in [0.717, 1.165) is 16.5 Å². The monoisotopic (exact) mass is 243 g/mol. The normalized spacial score (nSPS) is 22.8. The molecule has 5 nitrogen and oxygen atoms in total. The molecule has 2 heterocycles. The van der Waals surface area contributed by atoms with Gasteiger partial charge in [0, 0.05) is 29.6 Å². The Morgan fingerprint density at radius 1 is 1.44 bits per heavy atom. The van der Waals surface area contributed by atoms with Crippen LogP contribution in [0.2, 0.25) is 0 Å². The summed E-state index contributed by atoms with van der Waals surface area (Å²) < 4.78 is 5.62. The minimum absolute atomic E-state index is 0.432. The largest absolute Gasteiger partial charge is 0.470 e. The number of nitrogens with zero attached hydrogens (tertiary/aromatic N) is 1. The summed E-state index contributed by atoms with van der Waals surface area (Å²) in [5, 5.41) is 1.03. The number of aromatic nitrogens is 1. The van der Waals surface area contributed by atoms with Gasteiger partial charge < -0.3 is 15.5 Å². The van der Waals surface area contributed by atoms with Crippen molar-refractivity contribution in [3.05, 3.63) is 36.0 Å². The molecule has 2 atom stereocenters. The molecule has 3 rings (SSSR count). The molecule has 1 aromatic heterocycles. The molecule has 1 aromatic carbocycles. The van der Waals surface area contributed by atoms with E-state index >= 15 is 0 Å². The zero-order chi connectivity index (χ0) is 12.7. The fraction of sp³-hybridized carbons (Fsp3) is 0.231. The maximum Gasteiger partial charge on any atom is 0.246 e. The Bertz CT molecular complexity index is 644. The second-order valence-corrected chi connectivity index (χ2v) is 4.32. The lowest BCUT2D eigenvalue weighted by molar-refractivity contribution is -0.120. The van der Waals surface area contributed by atoms with Crippen molar-refractivity contribution in [2.24, 2.45) is 10.7 Å².